The average Bonchev–Trinajstić information content (AvgIpc) is 2.82. The van der Waals surface area contributed by atoms with E-state index >= 15 is 0 Å². The van der Waals surface area contributed by atoms with Crippen LogP contribution in [-0.4, -0.2) is 24.7 Å². The van der Waals surface area contributed by atoms with Gasteiger partial charge in [0.05, 0.1) is 12.7 Å². The predicted molar refractivity (Wildman–Crippen MR) is 139 cm³/mol. The molecule has 0 atom stereocenters. The van der Waals surface area contributed by atoms with Crippen LogP contribution in [0.2, 0.25) is 0 Å². The Kier molecular flexibility index (Phi) is 8.69. The molecule has 0 bridgehead atoms. The SMILES string of the molecule is COC(=O)c1ccc(-c2ccc(CC(C)(C)NC(=O)OCc3ccccc3)cc2)cc1CC(C)C. The lowest BCUT2D eigenvalue weighted by molar-refractivity contribution is 0.0599. The van der Waals surface area contributed by atoms with E-state index in [4.69, 9.17) is 9.47 Å². The molecule has 0 unspecified atom stereocenters. The van der Waals surface area contributed by atoms with Crippen molar-refractivity contribution >= 4 is 12.1 Å². The van der Waals surface area contributed by atoms with E-state index in [0.29, 0.717) is 17.9 Å². The van der Waals surface area contributed by atoms with E-state index < -0.39 is 11.6 Å². The first-order valence-electron chi connectivity index (χ1n) is 12.0. The maximum Gasteiger partial charge on any atom is 0.407 e. The molecule has 3 rings (SSSR count). The summed E-state index contributed by atoms with van der Waals surface area (Å²) in [5, 5.41) is 2.96. The van der Waals surface area contributed by atoms with Gasteiger partial charge >= 0.3 is 12.1 Å². The Morgan fingerprint density at radius 3 is 2.17 bits per heavy atom. The standard InChI is InChI=1S/C30H35NO4/c1-21(2)17-26-18-25(15-16-27(26)28(32)34-5)24-13-11-22(12-14-24)19-30(3,4)31-29(33)35-20-23-9-7-6-8-10-23/h6-16,18,21H,17,19-20H2,1-5H3,(H,31,33). The number of nitrogens with one attached hydrogen (secondary N) is 1. The van der Waals surface area contributed by atoms with Crippen LogP contribution in [0, 0.1) is 5.92 Å². The van der Waals surface area contributed by atoms with Crippen LogP contribution in [0.15, 0.2) is 72.8 Å². The summed E-state index contributed by atoms with van der Waals surface area (Å²) in [4.78, 5) is 24.5. The number of ether oxygens (including phenoxy) is 2. The van der Waals surface area contributed by atoms with Crippen molar-refractivity contribution in [2.45, 2.75) is 52.7 Å². The zero-order chi connectivity index (χ0) is 25.4. The molecule has 5 heteroatoms. The molecule has 3 aromatic carbocycles. The fraction of sp³-hybridized carbons (Fsp3) is 0.333. The first kappa shape index (κ1) is 26.0. The highest BCUT2D eigenvalue weighted by atomic mass is 16.5. The van der Waals surface area contributed by atoms with Gasteiger partial charge < -0.3 is 14.8 Å². The number of esters is 1. The van der Waals surface area contributed by atoms with Crippen LogP contribution in [0.3, 0.4) is 0 Å². The molecule has 1 N–H and O–H groups in total. The maximum atomic E-state index is 12.3. The van der Waals surface area contributed by atoms with Gasteiger partial charge in [0.1, 0.15) is 6.61 Å². The van der Waals surface area contributed by atoms with Crippen molar-refractivity contribution in [1.29, 1.82) is 0 Å². The van der Waals surface area contributed by atoms with Crippen LogP contribution >= 0.6 is 0 Å². The highest BCUT2D eigenvalue weighted by Gasteiger charge is 2.22. The van der Waals surface area contributed by atoms with Gasteiger partial charge in [-0.3, -0.25) is 0 Å². The Morgan fingerprint density at radius 1 is 0.886 bits per heavy atom. The van der Waals surface area contributed by atoms with Gasteiger partial charge in [0.2, 0.25) is 0 Å². The highest BCUT2D eigenvalue weighted by molar-refractivity contribution is 5.92. The molecule has 0 aromatic heterocycles. The summed E-state index contributed by atoms with van der Waals surface area (Å²) in [6.07, 6.45) is 1.03. The number of amides is 1. The Balaban J connectivity index is 1.65. The number of hydrogen-bond acceptors (Lipinski definition) is 4. The Morgan fingerprint density at radius 2 is 1.54 bits per heavy atom. The Labute approximate surface area is 208 Å². The van der Waals surface area contributed by atoms with Crippen molar-refractivity contribution in [1.82, 2.24) is 5.32 Å². The summed E-state index contributed by atoms with van der Waals surface area (Å²) in [5.74, 6) is 0.115. The number of hydrogen-bond donors (Lipinski definition) is 1. The molecule has 0 spiro atoms. The predicted octanol–water partition coefficient (Wildman–Crippen LogP) is 6.59. The van der Waals surface area contributed by atoms with Crippen LogP contribution in [0.1, 0.15) is 54.7 Å². The second-order valence-electron chi connectivity index (χ2n) is 9.91. The number of carbonyl (C=O) groups excluding carboxylic acids is 2. The third kappa shape index (κ3) is 7.71. The number of alkyl carbamates (subject to hydrolysis) is 1. The minimum Gasteiger partial charge on any atom is -0.465 e. The van der Waals surface area contributed by atoms with Crippen LogP contribution in [0.25, 0.3) is 11.1 Å². The van der Waals surface area contributed by atoms with Crippen LogP contribution < -0.4 is 5.32 Å². The van der Waals surface area contributed by atoms with E-state index in [1.165, 1.54) is 7.11 Å². The summed E-state index contributed by atoms with van der Waals surface area (Å²) >= 11 is 0. The van der Waals surface area contributed by atoms with Crippen molar-refractivity contribution < 1.29 is 19.1 Å². The molecule has 0 radical (unpaired) electrons. The highest BCUT2D eigenvalue weighted by Crippen LogP contribution is 2.26. The number of benzene rings is 3. The van der Waals surface area contributed by atoms with E-state index in [0.717, 1.165) is 34.2 Å². The first-order chi connectivity index (χ1) is 16.7. The molecule has 0 aliphatic heterocycles. The van der Waals surface area contributed by atoms with Crippen molar-refractivity contribution in [3.8, 4) is 11.1 Å². The zero-order valence-corrected chi connectivity index (χ0v) is 21.3. The normalized spacial score (nSPS) is 11.3. The van der Waals surface area contributed by atoms with E-state index in [2.05, 4.69) is 49.5 Å². The zero-order valence-electron chi connectivity index (χ0n) is 21.3. The summed E-state index contributed by atoms with van der Waals surface area (Å²) in [6.45, 7) is 8.47. The van der Waals surface area contributed by atoms with E-state index in [1.807, 2.05) is 56.3 Å². The molecule has 1 amide bonds. The average molecular weight is 474 g/mol. The van der Waals surface area contributed by atoms with Gasteiger partial charge in [-0.2, -0.15) is 0 Å². The molecule has 3 aromatic rings. The molecular weight excluding hydrogens is 438 g/mol. The van der Waals surface area contributed by atoms with E-state index in [-0.39, 0.29) is 12.6 Å². The molecule has 0 aliphatic carbocycles. The number of rotatable bonds is 9. The summed E-state index contributed by atoms with van der Waals surface area (Å²) < 4.78 is 10.3. The quantitative estimate of drug-likeness (QED) is 0.356. The Hall–Kier alpha value is -3.60. The number of methoxy groups -OCH3 is 1. The van der Waals surface area contributed by atoms with Gasteiger partial charge in [0.25, 0.3) is 0 Å². The molecular formula is C30H35NO4. The second kappa shape index (κ2) is 11.7. The summed E-state index contributed by atoms with van der Waals surface area (Å²) in [6, 6.07) is 23.8. The Bertz CT molecular complexity index is 1130. The molecule has 0 heterocycles. The lowest BCUT2D eigenvalue weighted by Gasteiger charge is -2.26. The fourth-order valence-electron chi connectivity index (χ4n) is 4.10. The van der Waals surface area contributed by atoms with Crippen LogP contribution in [0.4, 0.5) is 4.79 Å². The van der Waals surface area contributed by atoms with Crippen molar-refractivity contribution in [3.63, 3.8) is 0 Å². The first-order valence-corrected chi connectivity index (χ1v) is 12.0. The fourth-order valence-corrected chi connectivity index (χ4v) is 4.10. The monoisotopic (exact) mass is 473 g/mol. The minimum absolute atomic E-state index is 0.241. The third-order valence-corrected chi connectivity index (χ3v) is 5.73. The van der Waals surface area contributed by atoms with Gasteiger partial charge in [0.15, 0.2) is 0 Å². The van der Waals surface area contributed by atoms with Crippen LogP contribution in [-0.2, 0) is 28.9 Å². The van der Waals surface area contributed by atoms with Gasteiger partial charge in [-0.1, -0.05) is 80.6 Å². The van der Waals surface area contributed by atoms with Gasteiger partial charge in [-0.15, -0.1) is 0 Å². The molecule has 0 saturated carbocycles. The van der Waals surface area contributed by atoms with Gasteiger partial charge in [0, 0.05) is 5.54 Å². The lowest BCUT2D eigenvalue weighted by atomic mass is 9.91. The molecule has 184 valence electrons. The van der Waals surface area contributed by atoms with Crippen molar-refractivity contribution in [2.24, 2.45) is 5.92 Å². The molecule has 0 saturated heterocycles. The second-order valence-corrected chi connectivity index (χ2v) is 9.91. The smallest absolute Gasteiger partial charge is 0.407 e. The van der Waals surface area contributed by atoms with E-state index in [1.54, 1.807) is 0 Å². The molecule has 0 fully saturated rings. The van der Waals surface area contributed by atoms with E-state index in [9.17, 15) is 9.59 Å². The van der Waals surface area contributed by atoms with Gasteiger partial charge in [-0.05, 0) is 66.5 Å². The summed E-state index contributed by atoms with van der Waals surface area (Å²) in [7, 11) is 1.41. The molecule has 0 aliphatic rings. The minimum atomic E-state index is -0.470. The largest absolute Gasteiger partial charge is 0.465 e. The molecule has 35 heavy (non-hydrogen) atoms. The maximum absolute atomic E-state index is 12.3. The van der Waals surface area contributed by atoms with Crippen molar-refractivity contribution in [3.05, 3.63) is 95.1 Å². The van der Waals surface area contributed by atoms with Crippen molar-refractivity contribution in [2.75, 3.05) is 7.11 Å². The lowest BCUT2D eigenvalue weighted by Crippen LogP contribution is -2.45. The molecule has 5 nitrogen and oxygen atoms in total. The topological polar surface area (TPSA) is 64.6 Å². The van der Waals surface area contributed by atoms with Gasteiger partial charge in [-0.25, -0.2) is 9.59 Å². The van der Waals surface area contributed by atoms with Crippen LogP contribution in [0.5, 0.6) is 0 Å². The third-order valence-electron chi connectivity index (χ3n) is 5.73. The summed E-state index contributed by atoms with van der Waals surface area (Å²) in [5.41, 5.74) is 5.33. The number of carbonyl (C=O) groups is 2.